The summed E-state index contributed by atoms with van der Waals surface area (Å²) in [5, 5.41) is 32.4. The molecule has 0 aliphatic heterocycles. The molecule has 0 radical (unpaired) electrons. The van der Waals surface area contributed by atoms with E-state index in [1.54, 1.807) is 0 Å². The van der Waals surface area contributed by atoms with Crippen LogP contribution in [0.4, 0.5) is 0 Å². The number of aliphatic hydroxyl groups excluding tert-OH is 1. The van der Waals surface area contributed by atoms with Crippen LogP contribution >= 0.6 is 0 Å². The molecule has 0 atom stereocenters. The highest BCUT2D eigenvalue weighted by atomic mass is 28.3. The second-order valence-electron chi connectivity index (χ2n) is 7.89. The maximum atomic E-state index is 12.6. The lowest BCUT2D eigenvalue weighted by Gasteiger charge is -2.16. The molecular weight excluding hydrogens is 396 g/mol. The Morgan fingerprint density at radius 2 is 1.55 bits per heavy atom. The fourth-order valence-corrected chi connectivity index (χ4v) is 3.94. The topological polar surface area (TPSA) is 145 Å². The third kappa shape index (κ3) is 8.32. The molecule has 1 aromatic carbocycles. The summed E-state index contributed by atoms with van der Waals surface area (Å²) in [6.07, 6.45) is 1.13. The van der Waals surface area contributed by atoms with Crippen LogP contribution in [-0.4, -0.2) is 61.0 Å². The zero-order valence-electron chi connectivity index (χ0n) is 17.1. The van der Waals surface area contributed by atoms with Gasteiger partial charge in [0.2, 0.25) is 0 Å². The van der Waals surface area contributed by atoms with Crippen LogP contribution in [0, 0.1) is 0 Å². The summed E-state index contributed by atoms with van der Waals surface area (Å²) in [6, 6.07) is 3.38. The second kappa shape index (κ2) is 11.7. The zero-order valence-corrected chi connectivity index (χ0v) is 18.1. The molecule has 0 aromatic heterocycles. The SMILES string of the molecule is C[Si](C)(C)CCCNC(=O)c1cc(C(=O)O)c(C(=O)NCCCO)cc1COO. The fourth-order valence-electron chi connectivity index (χ4n) is 2.70. The molecule has 10 heteroatoms. The summed E-state index contributed by atoms with van der Waals surface area (Å²) < 4.78 is 0. The molecule has 0 spiro atoms. The number of carboxylic acid groups (broad SMARTS) is 1. The number of amides is 2. The van der Waals surface area contributed by atoms with Crippen molar-refractivity contribution in [3.63, 3.8) is 0 Å². The number of benzene rings is 1. The highest BCUT2D eigenvalue weighted by Crippen LogP contribution is 2.19. The van der Waals surface area contributed by atoms with Gasteiger partial charge in [0.15, 0.2) is 0 Å². The van der Waals surface area contributed by atoms with Crippen molar-refractivity contribution < 1.29 is 34.7 Å². The summed E-state index contributed by atoms with van der Waals surface area (Å²) in [7, 11) is -1.23. The molecular formula is C19H30N2O7Si. The lowest BCUT2D eigenvalue weighted by atomic mass is 9.97. The third-order valence-corrected chi connectivity index (χ3v) is 6.05. The Bertz CT molecular complexity index is 732. The van der Waals surface area contributed by atoms with E-state index in [1.165, 1.54) is 6.07 Å². The Labute approximate surface area is 171 Å². The molecule has 0 bridgehead atoms. The first-order valence-electron chi connectivity index (χ1n) is 9.44. The number of rotatable bonds is 12. The molecule has 162 valence electrons. The number of aliphatic hydroxyl groups is 1. The van der Waals surface area contributed by atoms with Crippen molar-refractivity contribution >= 4 is 25.9 Å². The lowest BCUT2D eigenvalue weighted by molar-refractivity contribution is -0.253. The number of hydrogen-bond acceptors (Lipinski definition) is 6. The number of aromatic carboxylic acids is 1. The van der Waals surface area contributed by atoms with Crippen molar-refractivity contribution in [1.82, 2.24) is 10.6 Å². The molecule has 0 unspecified atom stereocenters. The zero-order chi connectivity index (χ0) is 22.0. The van der Waals surface area contributed by atoms with Gasteiger partial charge in [-0.25, -0.2) is 9.68 Å². The van der Waals surface area contributed by atoms with E-state index in [4.69, 9.17) is 10.4 Å². The standard InChI is InChI=1S/C19H30N2O7Si/c1-29(2,3)9-5-7-21-17(23)14-11-16(19(25)26)15(10-13(14)12-28-27)18(24)20-6-4-8-22/h10-11,22,27H,4-9,12H2,1-3H3,(H,20,24)(H,21,23)(H,25,26). The fraction of sp³-hybridized carbons (Fsp3) is 0.526. The molecule has 0 saturated carbocycles. The Balaban J connectivity index is 3.10. The molecule has 1 aromatic rings. The van der Waals surface area contributed by atoms with Gasteiger partial charge in [-0.3, -0.25) is 14.8 Å². The number of carbonyl (C=O) groups is 3. The van der Waals surface area contributed by atoms with Crippen LogP contribution in [0.5, 0.6) is 0 Å². The largest absolute Gasteiger partial charge is 0.478 e. The van der Waals surface area contributed by atoms with E-state index in [0.717, 1.165) is 18.5 Å². The van der Waals surface area contributed by atoms with Crippen molar-refractivity contribution in [2.45, 2.75) is 45.1 Å². The van der Waals surface area contributed by atoms with Crippen molar-refractivity contribution in [3.8, 4) is 0 Å². The van der Waals surface area contributed by atoms with Crippen LogP contribution in [-0.2, 0) is 11.5 Å². The highest BCUT2D eigenvalue weighted by molar-refractivity contribution is 6.76. The first kappa shape index (κ1) is 24.8. The first-order valence-corrected chi connectivity index (χ1v) is 13.1. The maximum Gasteiger partial charge on any atom is 0.336 e. The Hall–Kier alpha value is -2.27. The molecule has 5 N–H and O–H groups in total. The maximum absolute atomic E-state index is 12.6. The predicted molar refractivity (Wildman–Crippen MR) is 110 cm³/mol. The summed E-state index contributed by atoms with van der Waals surface area (Å²) in [6.45, 7) is 6.80. The summed E-state index contributed by atoms with van der Waals surface area (Å²) in [5.74, 6) is -2.51. The van der Waals surface area contributed by atoms with Crippen LogP contribution < -0.4 is 10.6 Å². The number of carbonyl (C=O) groups excluding carboxylic acids is 2. The monoisotopic (exact) mass is 426 g/mol. The molecule has 2 amide bonds. The normalized spacial score (nSPS) is 11.2. The average Bonchev–Trinajstić information content (AvgIpc) is 2.64. The van der Waals surface area contributed by atoms with Gasteiger partial charge in [-0.05, 0) is 30.5 Å². The van der Waals surface area contributed by atoms with Crippen LogP contribution in [0.2, 0.25) is 25.7 Å². The Morgan fingerprint density at radius 1 is 0.966 bits per heavy atom. The third-order valence-electron chi connectivity index (χ3n) is 4.19. The lowest BCUT2D eigenvalue weighted by Crippen LogP contribution is -2.30. The van der Waals surface area contributed by atoms with E-state index >= 15 is 0 Å². The molecule has 29 heavy (non-hydrogen) atoms. The molecule has 0 aliphatic carbocycles. The minimum absolute atomic E-state index is 0.0244. The summed E-state index contributed by atoms with van der Waals surface area (Å²) in [4.78, 5) is 40.7. The Kier molecular flexibility index (Phi) is 9.96. The van der Waals surface area contributed by atoms with Crippen molar-refractivity contribution in [1.29, 1.82) is 0 Å². The predicted octanol–water partition coefficient (Wildman–Crippen LogP) is 1.94. The van der Waals surface area contributed by atoms with Gasteiger partial charge in [0.1, 0.15) is 6.61 Å². The molecule has 0 saturated heterocycles. The van der Waals surface area contributed by atoms with E-state index in [2.05, 4.69) is 35.2 Å². The van der Waals surface area contributed by atoms with Gasteiger partial charge in [0, 0.05) is 33.3 Å². The van der Waals surface area contributed by atoms with E-state index < -0.39 is 25.9 Å². The first-order chi connectivity index (χ1) is 13.6. The van der Waals surface area contributed by atoms with E-state index in [9.17, 15) is 19.5 Å². The van der Waals surface area contributed by atoms with Crippen molar-refractivity contribution in [2.24, 2.45) is 0 Å². The molecule has 1 rings (SSSR count). The minimum atomic E-state index is -1.36. The van der Waals surface area contributed by atoms with Gasteiger partial charge in [0.25, 0.3) is 11.8 Å². The Morgan fingerprint density at radius 3 is 2.07 bits per heavy atom. The van der Waals surface area contributed by atoms with Gasteiger partial charge >= 0.3 is 5.97 Å². The second-order valence-corrected chi connectivity index (χ2v) is 13.5. The average molecular weight is 427 g/mol. The van der Waals surface area contributed by atoms with Gasteiger partial charge in [-0.1, -0.05) is 25.7 Å². The summed E-state index contributed by atoms with van der Waals surface area (Å²) in [5.41, 5.74) is -0.276. The summed E-state index contributed by atoms with van der Waals surface area (Å²) >= 11 is 0. The van der Waals surface area contributed by atoms with Gasteiger partial charge in [-0.15, -0.1) is 0 Å². The molecule has 0 aliphatic rings. The van der Waals surface area contributed by atoms with Crippen LogP contribution in [0.15, 0.2) is 12.1 Å². The van der Waals surface area contributed by atoms with E-state index in [-0.39, 0.29) is 42.0 Å². The van der Waals surface area contributed by atoms with Gasteiger partial charge < -0.3 is 20.8 Å². The highest BCUT2D eigenvalue weighted by Gasteiger charge is 2.23. The molecule has 0 fully saturated rings. The molecule has 0 heterocycles. The number of carboxylic acids is 1. The number of nitrogens with one attached hydrogen (secondary N) is 2. The smallest absolute Gasteiger partial charge is 0.336 e. The van der Waals surface area contributed by atoms with Crippen LogP contribution in [0.3, 0.4) is 0 Å². The van der Waals surface area contributed by atoms with Crippen LogP contribution in [0.25, 0.3) is 0 Å². The van der Waals surface area contributed by atoms with Crippen molar-refractivity contribution in [3.05, 3.63) is 34.4 Å². The quantitative estimate of drug-likeness (QED) is 0.149. The van der Waals surface area contributed by atoms with Crippen LogP contribution in [0.1, 0.15) is 49.5 Å². The van der Waals surface area contributed by atoms with E-state index in [1.807, 2.05) is 0 Å². The molecule has 9 nitrogen and oxygen atoms in total. The minimum Gasteiger partial charge on any atom is -0.478 e. The van der Waals surface area contributed by atoms with Gasteiger partial charge in [-0.2, -0.15) is 0 Å². The van der Waals surface area contributed by atoms with Crippen molar-refractivity contribution in [2.75, 3.05) is 19.7 Å². The van der Waals surface area contributed by atoms with Gasteiger partial charge in [0.05, 0.1) is 11.1 Å². The number of hydrogen-bond donors (Lipinski definition) is 5. The van der Waals surface area contributed by atoms with E-state index in [0.29, 0.717) is 13.0 Å².